The molecule has 0 aliphatic rings. The first-order valence-electron chi connectivity index (χ1n) is 10.3. The molecule has 2 aromatic heterocycles. The first kappa shape index (κ1) is 21.5. The van der Waals surface area contributed by atoms with Crippen LogP contribution in [0, 0.1) is 0 Å². The number of H-pyrrole nitrogens is 1. The lowest BCUT2D eigenvalue weighted by molar-refractivity contribution is -0.121. The van der Waals surface area contributed by atoms with Crippen LogP contribution in [0.2, 0.25) is 0 Å². The number of rotatable bonds is 8. The van der Waals surface area contributed by atoms with Crippen LogP contribution in [0.25, 0.3) is 11.3 Å². The van der Waals surface area contributed by atoms with E-state index in [0.717, 1.165) is 11.3 Å². The molecule has 162 valence electrons. The van der Waals surface area contributed by atoms with Crippen molar-refractivity contribution in [2.75, 3.05) is 5.32 Å². The quantitative estimate of drug-likeness (QED) is 0.369. The minimum Gasteiger partial charge on any atom is -0.346 e. The predicted octanol–water partition coefficient (Wildman–Crippen LogP) is 4.60. The summed E-state index contributed by atoms with van der Waals surface area (Å²) >= 11 is 1.29. The largest absolute Gasteiger partial charge is 0.346 e. The topological polar surface area (TPSA) is 99.8 Å². The maximum atomic E-state index is 12.6. The molecule has 2 amide bonds. The van der Waals surface area contributed by atoms with Crippen LogP contribution < -0.4 is 10.6 Å². The molecule has 0 aliphatic heterocycles. The summed E-state index contributed by atoms with van der Waals surface area (Å²) in [5.74, 6) is 0.337. The molecule has 0 saturated heterocycles. The van der Waals surface area contributed by atoms with Gasteiger partial charge < -0.3 is 10.3 Å². The highest BCUT2D eigenvalue weighted by Crippen LogP contribution is 2.21. The molecule has 4 aromatic rings. The van der Waals surface area contributed by atoms with E-state index in [-0.39, 0.29) is 24.3 Å². The van der Waals surface area contributed by atoms with Crippen molar-refractivity contribution in [1.29, 1.82) is 0 Å². The first-order chi connectivity index (χ1) is 15.6. The van der Waals surface area contributed by atoms with Gasteiger partial charge in [-0.25, -0.2) is 9.97 Å². The number of carbonyl (C=O) groups excluding carboxylic acids is 2. The molecule has 4 rings (SSSR count). The Morgan fingerprint density at radius 2 is 1.78 bits per heavy atom. The third-order valence-electron chi connectivity index (χ3n) is 4.90. The van der Waals surface area contributed by atoms with Gasteiger partial charge in [0.25, 0.3) is 5.91 Å². The second-order valence-corrected chi connectivity index (χ2v) is 8.08. The predicted molar refractivity (Wildman–Crippen MR) is 125 cm³/mol. The molecule has 2 aromatic carbocycles. The first-order valence-corrected chi connectivity index (χ1v) is 11.2. The molecule has 0 fully saturated rings. The van der Waals surface area contributed by atoms with Crippen molar-refractivity contribution in [3.05, 3.63) is 89.3 Å². The van der Waals surface area contributed by atoms with Crippen LogP contribution in [0.5, 0.6) is 0 Å². The van der Waals surface area contributed by atoms with E-state index in [0.29, 0.717) is 28.6 Å². The highest BCUT2D eigenvalue weighted by atomic mass is 32.1. The van der Waals surface area contributed by atoms with Gasteiger partial charge >= 0.3 is 0 Å². The van der Waals surface area contributed by atoms with Crippen LogP contribution in [-0.4, -0.2) is 26.8 Å². The number of hydrogen-bond acceptors (Lipinski definition) is 5. The smallest absolute Gasteiger partial charge is 0.257 e. The highest BCUT2D eigenvalue weighted by Gasteiger charge is 2.18. The van der Waals surface area contributed by atoms with Crippen molar-refractivity contribution in [1.82, 2.24) is 20.3 Å². The van der Waals surface area contributed by atoms with E-state index in [4.69, 9.17) is 0 Å². The maximum Gasteiger partial charge on any atom is 0.257 e. The minimum atomic E-state index is -0.228. The summed E-state index contributed by atoms with van der Waals surface area (Å²) in [7, 11) is 0. The second kappa shape index (κ2) is 10.0. The molecule has 7 nitrogen and oxygen atoms in total. The van der Waals surface area contributed by atoms with Crippen LogP contribution in [-0.2, 0) is 11.2 Å². The van der Waals surface area contributed by atoms with E-state index in [2.05, 4.69) is 25.6 Å². The van der Waals surface area contributed by atoms with Crippen LogP contribution in [0.1, 0.15) is 41.3 Å². The van der Waals surface area contributed by atoms with E-state index < -0.39 is 0 Å². The van der Waals surface area contributed by atoms with Gasteiger partial charge in [-0.3, -0.25) is 14.9 Å². The number of amides is 2. The van der Waals surface area contributed by atoms with E-state index >= 15 is 0 Å². The van der Waals surface area contributed by atoms with E-state index in [1.54, 1.807) is 35.8 Å². The number of hydrogen-bond donors (Lipinski definition) is 3. The zero-order chi connectivity index (χ0) is 22.3. The normalized spacial score (nSPS) is 11.7. The Labute approximate surface area is 190 Å². The van der Waals surface area contributed by atoms with Gasteiger partial charge in [-0.2, -0.15) is 0 Å². The van der Waals surface area contributed by atoms with Crippen molar-refractivity contribution >= 4 is 28.3 Å². The van der Waals surface area contributed by atoms with Crippen LogP contribution in [0.4, 0.5) is 5.13 Å². The molecule has 0 bridgehead atoms. The lowest BCUT2D eigenvalue weighted by Gasteiger charge is -2.14. The van der Waals surface area contributed by atoms with E-state index in [9.17, 15) is 9.59 Å². The molecule has 0 saturated carbocycles. The average Bonchev–Trinajstić information content (AvgIpc) is 3.48. The fourth-order valence-corrected chi connectivity index (χ4v) is 3.96. The standard InChI is InChI=1S/C24H23N5O2S/c1-2-19(22-25-14-20(28-22)16-9-5-3-6-10-16)27-21(30)13-18-15-32-24(26-18)29-23(31)17-11-7-4-8-12-17/h3-12,14-15,19H,2,13H2,1H3,(H,25,28)(H,27,30)(H,26,29,31). The molecule has 0 aliphatic carbocycles. The molecule has 2 heterocycles. The van der Waals surface area contributed by atoms with Crippen LogP contribution in [0.3, 0.4) is 0 Å². The Morgan fingerprint density at radius 3 is 2.50 bits per heavy atom. The number of imidazole rings is 1. The van der Waals surface area contributed by atoms with Gasteiger partial charge in [-0.15, -0.1) is 11.3 Å². The van der Waals surface area contributed by atoms with Crippen molar-refractivity contribution in [2.24, 2.45) is 0 Å². The number of carbonyl (C=O) groups is 2. The lowest BCUT2D eigenvalue weighted by atomic mass is 10.2. The Kier molecular flexibility index (Phi) is 6.72. The van der Waals surface area contributed by atoms with Gasteiger partial charge in [0.1, 0.15) is 5.82 Å². The Morgan fingerprint density at radius 1 is 1.06 bits per heavy atom. The van der Waals surface area contributed by atoms with Crippen molar-refractivity contribution in [3.63, 3.8) is 0 Å². The summed E-state index contributed by atoms with van der Waals surface area (Å²) in [5, 5.41) is 8.03. The van der Waals surface area contributed by atoms with Crippen LogP contribution >= 0.6 is 11.3 Å². The summed E-state index contributed by atoms with van der Waals surface area (Å²) < 4.78 is 0. The SMILES string of the molecule is CCC(NC(=O)Cc1csc(NC(=O)c2ccccc2)n1)c1ncc(-c2ccccc2)[nH]1. The second-order valence-electron chi connectivity index (χ2n) is 7.22. The molecule has 1 unspecified atom stereocenters. The van der Waals surface area contributed by atoms with Crippen LogP contribution in [0.15, 0.2) is 72.2 Å². The minimum absolute atomic E-state index is 0.125. The molecule has 0 radical (unpaired) electrons. The average molecular weight is 446 g/mol. The molecule has 8 heteroatoms. The summed E-state index contributed by atoms with van der Waals surface area (Å²) in [6, 6.07) is 18.6. The van der Waals surface area contributed by atoms with Gasteiger partial charge in [-0.1, -0.05) is 55.5 Å². The molecule has 32 heavy (non-hydrogen) atoms. The molecular formula is C24H23N5O2S. The van der Waals surface area contributed by atoms with Crippen molar-refractivity contribution in [2.45, 2.75) is 25.8 Å². The highest BCUT2D eigenvalue weighted by molar-refractivity contribution is 7.14. The van der Waals surface area contributed by atoms with Gasteiger partial charge in [0.2, 0.25) is 5.91 Å². The Hall–Kier alpha value is -3.78. The third-order valence-corrected chi connectivity index (χ3v) is 5.71. The molecule has 0 spiro atoms. The van der Waals surface area contributed by atoms with Crippen molar-refractivity contribution < 1.29 is 9.59 Å². The monoisotopic (exact) mass is 445 g/mol. The fraction of sp³-hybridized carbons (Fsp3) is 0.167. The third kappa shape index (κ3) is 5.28. The number of thiazole rings is 1. The van der Waals surface area contributed by atoms with Gasteiger partial charge in [0.15, 0.2) is 5.13 Å². The van der Waals surface area contributed by atoms with E-state index in [1.807, 2.05) is 43.3 Å². The number of aromatic nitrogens is 3. The van der Waals surface area contributed by atoms with Crippen molar-refractivity contribution in [3.8, 4) is 11.3 Å². The maximum absolute atomic E-state index is 12.6. The van der Waals surface area contributed by atoms with Gasteiger partial charge in [0.05, 0.1) is 30.0 Å². The number of aromatic amines is 1. The fourth-order valence-electron chi connectivity index (χ4n) is 3.26. The number of benzene rings is 2. The van der Waals surface area contributed by atoms with Gasteiger partial charge in [0, 0.05) is 10.9 Å². The molecule has 1 atom stereocenters. The van der Waals surface area contributed by atoms with E-state index in [1.165, 1.54) is 11.3 Å². The number of anilines is 1. The molecular weight excluding hydrogens is 422 g/mol. The number of nitrogens with one attached hydrogen (secondary N) is 3. The zero-order valence-electron chi connectivity index (χ0n) is 17.5. The van der Waals surface area contributed by atoms with Gasteiger partial charge in [-0.05, 0) is 24.1 Å². The summed E-state index contributed by atoms with van der Waals surface area (Å²) in [6.45, 7) is 2.00. The Balaban J connectivity index is 1.35. The summed E-state index contributed by atoms with van der Waals surface area (Å²) in [4.78, 5) is 37.0. The molecule has 3 N–H and O–H groups in total. The zero-order valence-corrected chi connectivity index (χ0v) is 18.4. The summed E-state index contributed by atoms with van der Waals surface area (Å²) in [5.41, 5.74) is 3.11. The lowest BCUT2D eigenvalue weighted by Crippen LogP contribution is -2.30. The summed E-state index contributed by atoms with van der Waals surface area (Å²) in [6.07, 6.45) is 2.60. The number of nitrogens with zero attached hydrogens (tertiary/aromatic N) is 2. The Bertz CT molecular complexity index is 1190.